The molecule has 6 heteroatoms. The molecule has 0 radical (unpaired) electrons. The summed E-state index contributed by atoms with van der Waals surface area (Å²) in [7, 11) is 0. The topological polar surface area (TPSA) is 75.3 Å². The van der Waals surface area contributed by atoms with Crippen LogP contribution in [0.1, 0.15) is 5.82 Å². The van der Waals surface area contributed by atoms with Gasteiger partial charge in [-0.1, -0.05) is 0 Å². The molecule has 15 heavy (non-hydrogen) atoms. The third-order valence-corrected chi connectivity index (χ3v) is 1.61. The molecule has 0 amide bonds. The van der Waals surface area contributed by atoms with E-state index in [1.807, 2.05) is 0 Å². The van der Waals surface area contributed by atoms with Gasteiger partial charge in [-0.3, -0.25) is 0 Å². The second-order valence-corrected chi connectivity index (χ2v) is 2.91. The molecule has 2 heterocycles. The summed E-state index contributed by atoms with van der Waals surface area (Å²) >= 11 is 3.09. The maximum atomic E-state index is 8.16. The van der Waals surface area contributed by atoms with E-state index in [1.54, 1.807) is 30.6 Å². The fourth-order valence-electron chi connectivity index (χ4n) is 0.638. The van der Waals surface area contributed by atoms with Gasteiger partial charge in [0.05, 0.1) is 0 Å². The quantitative estimate of drug-likeness (QED) is 0.675. The molecule has 0 saturated heterocycles. The Morgan fingerprint density at radius 2 is 1.40 bits per heavy atom. The minimum absolute atomic E-state index is 0.215. The lowest BCUT2D eigenvalue weighted by atomic mass is 10.6. The Bertz CT molecular complexity index is 425. The highest BCUT2D eigenvalue weighted by Gasteiger charge is 1.83. The van der Waals surface area contributed by atoms with Gasteiger partial charge in [0.25, 0.3) is 0 Å². The number of hydrogen-bond donors (Lipinski definition) is 0. The van der Waals surface area contributed by atoms with Crippen LogP contribution in [0.25, 0.3) is 0 Å². The summed E-state index contributed by atoms with van der Waals surface area (Å²) in [5.74, 6) is 0.215. The number of hydrogen-bond acceptors (Lipinski definition) is 5. The zero-order valence-electron chi connectivity index (χ0n) is 7.58. The summed E-state index contributed by atoms with van der Waals surface area (Å²) in [6.45, 7) is 0. The van der Waals surface area contributed by atoms with E-state index in [2.05, 4.69) is 35.9 Å². The molecule has 0 aliphatic heterocycles. The molecule has 0 aromatic carbocycles. The van der Waals surface area contributed by atoms with Crippen LogP contribution in [0, 0.1) is 11.3 Å². The smallest absolute Gasteiger partial charge is 0.231 e. The number of halogens is 1. The molecule has 0 fully saturated rings. The highest BCUT2D eigenvalue weighted by Crippen LogP contribution is 1.94. The van der Waals surface area contributed by atoms with E-state index in [0.29, 0.717) is 4.73 Å². The number of rotatable bonds is 0. The first-order chi connectivity index (χ1) is 7.33. The molecule has 5 nitrogen and oxygen atoms in total. The molecule has 0 aliphatic carbocycles. The zero-order valence-corrected chi connectivity index (χ0v) is 9.16. The Balaban J connectivity index is 0.000000151. The van der Waals surface area contributed by atoms with Crippen LogP contribution in [0.15, 0.2) is 41.7 Å². The van der Waals surface area contributed by atoms with E-state index >= 15 is 0 Å². The molecule has 0 saturated carbocycles. The zero-order chi connectivity index (χ0) is 10.9. The summed E-state index contributed by atoms with van der Waals surface area (Å²) in [4.78, 5) is 14.8. The average molecular weight is 264 g/mol. The Kier molecular flexibility index (Phi) is 4.90. The van der Waals surface area contributed by atoms with Crippen molar-refractivity contribution in [2.24, 2.45) is 0 Å². The van der Waals surface area contributed by atoms with E-state index in [9.17, 15) is 0 Å². The summed E-state index contributed by atoms with van der Waals surface area (Å²) in [6.07, 6.45) is 6.42. The summed E-state index contributed by atoms with van der Waals surface area (Å²) < 4.78 is 0.634. The Morgan fingerprint density at radius 1 is 0.933 bits per heavy atom. The van der Waals surface area contributed by atoms with Gasteiger partial charge in [0.1, 0.15) is 6.07 Å². The molecule has 0 N–H and O–H groups in total. The van der Waals surface area contributed by atoms with Gasteiger partial charge in [0.2, 0.25) is 5.82 Å². The lowest BCUT2D eigenvalue weighted by Crippen LogP contribution is -1.82. The van der Waals surface area contributed by atoms with E-state index in [-0.39, 0.29) is 5.82 Å². The first-order valence-electron chi connectivity index (χ1n) is 3.92. The fourth-order valence-corrected chi connectivity index (χ4v) is 0.874. The van der Waals surface area contributed by atoms with Crippen molar-refractivity contribution in [3.8, 4) is 6.07 Å². The van der Waals surface area contributed by atoms with Crippen molar-refractivity contribution in [1.29, 1.82) is 5.26 Å². The van der Waals surface area contributed by atoms with Crippen LogP contribution >= 0.6 is 15.9 Å². The normalized spacial score (nSPS) is 8.27. The molecule has 2 aromatic heterocycles. The standard InChI is InChI=1S/C5H3N3.C4H3BrN2/c6-4-5-7-2-1-3-8-5;5-4-6-2-1-3-7-4/h1-3H;1-3H. The minimum Gasteiger partial charge on any atom is -0.231 e. The minimum atomic E-state index is 0.215. The third-order valence-electron chi connectivity index (χ3n) is 1.20. The maximum Gasteiger partial charge on any atom is 0.232 e. The Hall–Kier alpha value is -1.87. The number of nitriles is 1. The second kappa shape index (κ2) is 6.56. The monoisotopic (exact) mass is 263 g/mol. The van der Waals surface area contributed by atoms with Crippen LogP contribution in [0.4, 0.5) is 0 Å². The van der Waals surface area contributed by atoms with Gasteiger partial charge >= 0.3 is 0 Å². The molecular weight excluding hydrogens is 258 g/mol. The highest BCUT2D eigenvalue weighted by molar-refractivity contribution is 9.10. The van der Waals surface area contributed by atoms with Crippen molar-refractivity contribution in [3.63, 3.8) is 0 Å². The van der Waals surface area contributed by atoms with E-state index < -0.39 is 0 Å². The van der Waals surface area contributed by atoms with E-state index in [4.69, 9.17) is 5.26 Å². The van der Waals surface area contributed by atoms with Crippen molar-refractivity contribution in [3.05, 3.63) is 47.5 Å². The Labute approximate surface area is 95.0 Å². The summed E-state index contributed by atoms with van der Waals surface area (Å²) in [6, 6.07) is 5.24. The SMILES string of the molecule is Brc1ncccn1.N#Cc1ncccn1. The van der Waals surface area contributed by atoms with Crippen molar-refractivity contribution >= 4 is 15.9 Å². The van der Waals surface area contributed by atoms with Crippen molar-refractivity contribution < 1.29 is 0 Å². The third kappa shape index (κ3) is 4.78. The fraction of sp³-hybridized carbons (Fsp3) is 0. The van der Waals surface area contributed by atoms with E-state index in [1.165, 1.54) is 12.4 Å². The first kappa shape index (κ1) is 11.2. The van der Waals surface area contributed by atoms with Gasteiger partial charge in [-0.05, 0) is 28.1 Å². The van der Waals surface area contributed by atoms with Gasteiger partial charge in [-0.2, -0.15) is 5.26 Å². The molecule has 2 rings (SSSR count). The van der Waals surface area contributed by atoms with Crippen molar-refractivity contribution in [2.45, 2.75) is 0 Å². The maximum absolute atomic E-state index is 8.16. The van der Waals surface area contributed by atoms with Gasteiger partial charge in [-0.15, -0.1) is 0 Å². The van der Waals surface area contributed by atoms with Crippen molar-refractivity contribution in [1.82, 2.24) is 19.9 Å². The van der Waals surface area contributed by atoms with Gasteiger partial charge in [-0.25, -0.2) is 19.9 Å². The van der Waals surface area contributed by atoms with Gasteiger partial charge in [0, 0.05) is 24.8 Å². The molecule has 0 unspecified atom stereocenters. The molecular formula is C9H6BrN5. The predicted molar refractivity (Wildman–Crippen MR) is 56.5 cm³/mol. The second-order valence-electron chi connectivity index (χ2n) is 2.20. The molecule has 0 bridgehead atoms. The summed E-state index contributed by atoms with van der Waals surface area (Å²) in [5, 5.41) is 8.16. The highest BCUT2D eigenvalue weighted by atomic mass is 79.9. The average Bonchev–Trinajstić information content (AvgIpc) is 2.32. The predicted octanol–water partition coefficient (Wildman–Crippen LogP) is 1.59. The van der Waals surface area contributed by atoms with Crippen LogP contribution in [0.2, 0.25) is 0 Å². The van der Waals surface area contributed by atoms with Crippen LogP contribution in [0.3, 0.4) is 0 Å². The first-order valence-corrected chi connectivity index (χ1v) is 4.72. The number of nitrogens with zero attached hydrogens (tertiary/aromatic N) is 5. The van der Waals surface area contributed by atoms with Gasteiger partial charge < -0.3 is 0 Å². The lowest BCUT2D eigenvalue weighted by molar-refractivity contribution is 1.11. The van der Waals surface area contributed by atoms with Crippen LogP contribution in [-0.2, 0) is 0 Å². The van der Waals surface area contributed by atoms with Crippen LogP contribution in [-0.4, -0.2) is 19.9 Å². The largest absolute Gasteiger partial charge is 0.232 e. The van der Waals surface area contributed by atoms with Crippen LogP contribution < -0.4 is 0 Å². The number of aromatic nitrogens is 4. The lowest BCUT2D eigenvalue weighted by Gasteiger charge is -1.79. The molecule has 0 spiro atoms. The Morgan fingerprint density at radius 3 is 1.67 bits per heavy atom. The van der Waals surface area contributed by atoms with Gasteiger partial charge in [0.15, 0.2) is 4.73 Å². The van der Waals surface area contributed by atoms with Crippen LogP contribution in [0.5, 0.6) is 0 Å². The molecule has 0 atom stereocenters. The van der Waals surface area contributed by atoms with Crippen molar-refractivity contribution in [2.75, 3.05) is 0 Å². The molecule has 2 aromatic rings. The molecule has 0 aliphatic rings. The molecule has 74 valence electrons. The van der Waals surface area contributed by atoms with E-state index in [0.717, 1.165) is 0 Å². The summed E-state index contributed by atoms with van der Waals surface area (Å²) in [5.41, 5.74) is 0.